The van der Waals surface area contributed by atoms with E-state index < -0.39 is 0 Å². The minimum Gasteiger partial charge on any atom is -0.294 e. The first kappa shape index (κ1) is 11.8. The number of nitrogens with two attached hydrogens (primary N) is 1. The van der Waals surface area contributed by atoms with Crippen molar-refractivity contribution in [2.45, 2.75) is 20.8 Å². The molecule has 0 aliphatic carbocycles. The molecule has 0 aliphatic rings. The van der Waals surface area contributed by atoms with Crippen LogP contribution in [0.3, 0.4) is 0 Å². The molecule has 0 heterocycles. The van der Waals surface area contributed by atoms with Crippen LogP contribution >= 0.6 is 11.8 Å². The monoisotopic (exact) mass is 190 g/mol. The smallest absolute Gasteiger partial charge is 0.237 e. The lowest BCUT2D eigenvalue weighted by Crippen LogP contribution is -2.35. The molecule has 1 atom stereocenters. The molecule has 0 radical (unpaired) electrons. The minimum absolute atomic E-state index is 0.0127. The largest absolute Gasteiger partial charge is 0.294 e. The molecule has 0 fully saturated rings. The predicted octanol–water partition coefficient (Wildman–Crippen LogP) is 1.00. The molecular weight excluding hydrogens is 172 g/mol. The maximum absolute atomic E-state index is 10.9. The third kappa shape index (κ3) is 5.43. The van der Waals surface area contributed by atoms with E-state index in [0.29, 0.717) is 5.92 Å². The topological polar surface area (TPSA) is 55.1 Å². The maximum Gasteiger partial charge on any atom is 0.237 e. The first-order chi connectivity index (χ1) is 5.57. The fourth-order valence-corrected chi connectivity index (χ4v) is 1.81. The van der Waals surface area contributed by atoms with Gasteiger partial charge in [0.15, 0.2) is 0 Å². The number of hydrogen-bond acceptors (Lipinski definition) is 3. The summed E-state index contributed by atoms with van der Waals surface area (Å²) in [6, 6.07) is 0. The molecule has 0 aliphatic heterocycles. The van der Waals surface area contributed by atoms with Crippen LogP contribution in [0.25, 0.3) is 0 Å². The summed E-state index contributed by atoms with van der Waals surface area (Å²) in [5.74, 6) is 7.56. The Labute approximate surface area is 78.4 Å². The van der Waals surface area contributed by atoms with Gasteiger partial charge in [-0.05, 0) is 11.7 Å². The highest BCUT2D eigenvalue weighted by molar-refractivity contribution is 7.99. The molecule has 0 aromatic carbocycles. The van der Waals surface area contributed by atoms with Crippen molar-refractivity contribution in [2.75, 3.05) is 11.5 Å². The predicted molar refractivity (Wildman–Crippen MR) is 53.7 cm³/mol. The summed E-state index contributed by atoms with van der Waals surface area (Å²) in [5.41, 5.74) is 2.15. The molecule has 1 unspecified atom stereocenters. The van der Waals surface area contributed by atoms with Crippen LogP contribution in [0.5, 0.6) is 0 Å². The van der Waals surface area contributed by atoms with Gasteiger partial charge in [-0.2, -0.15) is 11.8 Å². The van der Waals surface area contributed by atoms with E-state index in [-0.39, 0.29) is 11.8 Å². The van der Waals surface area contributed by atoms with Crippen LogP contribution in [-0.2, 0) is 4.79 Å². The standard InChI is InChI=1S/C8H18N2OS/c1-6(2)4-12-5-7(3)8(11)10-9/h6-7H,4-5,9H2,1-3H3,(H,10,11). The number of carbonyl (C=O) groups excluding carboxylic acids is 1. The van der Waals surface area contributed by atoms with E-state index >= 15 is 0 Å². The molecule has 0 aromatic rings. The fourth-order valence-electron chi connectivity index (χ4n) is 0.698. The van der Waals surface area contributed by atoms with Crippen LogP contribution < -0.4 is 11.3 Å². The molecule has 1 amide bonds. The van der Waals surface area contributed by atoms with Crippen LogP contribution in [0.4, 0.5) is 0 Å². The summed E-state index contributed by atoms with van der Waals surface area (Å²) < 4.78 is 0. The Morgan fingerprint density at radius 3 is 2.42 bits per heavy atom. The Hall–Kier alpha value is -0.220. The van der Waals surface area contributed by atoms with Gasteiger partial charge >= 0.3 is 0 Å². The molecule has 72 valence electrons. The summed E-state index contributed by atoms with van der Waals surface area (Å²) in [7, 11) is 0. The fraction of sp³-hybridized carbons (Fsp3) is 0.875. The van der Waals surface area contributed by atoms with Gasteiger partial charge in [-0.15, -0.1) is 0 Å². The lowest BCUT2D eigenvalue weighted by molar-refractivity contribution is -0.123. The molecule has 0 bridgehead atoms. The van der Waals surface area contributed by atoms with Crippen molar-refractivity contribution in [1.29, 1.82) is 0 Å². The molecule has 0 rings (SSSR count). The highest BCUT2D eigenvalue weighted by Gasteiger charge is 2.10. The normalized spacial score (nSPS) is 13.1. The molecule has 3 N–H and O–H groups in total. The lowest BCUT2D eigenvalue weighted by atomic mass is 10.2. The van der Waals surface area contributed by atoms with Crippen molar-refractivity contribution in [3.8, 4) is 0 Å². The second kappa shape index (κ2) is 6.31. The molecule has 3 nitrogen and oxygen atoms in total. The average Bonchev–Trinajstić information content (AvgIpc) is 2.02. The molecule has 0 saturated carbocycles. The molecule has 0 spiro atoms. The van der Waals surface area contributed by atoms with Crippen LogP contribution in [-0.4, -0.2) is 17.4 Å². The van der Waals surface area contributed by atoms with E-state index in [1.165, 1.54) is 0 Å². The Morgan fingerprint density at radius 2 is 2.00 bits per heavy atom. The second-order valence-electron chi connectivity index (χ2n) is 3.34. The number of amides is 1. The van der Waals surface area contributed by atoms with Crippen molar-refractivity contribution < 1.29 is 4.79 Å². The van der Waals surface area contributed by atoms with Crippen LogP contribution in [0.15, 0.2) is 0 Å². The molecule has 12 heavy (non-hydrogen) atoms. The van der Waals surface area contributed by atoms with Crippen molar-refractivity contribution in [3.05, 3.63) is 0 Å². The number of thioether (sulfide) groups is 1. The van der Waals surface area contributed by atoms with E-state index in [4.69, 9.17) is 5.84 Å². The average molecular weight is 190 g/mol. The summed E-state index contributed by atoms with van der Waals surface area (Å²) in [5, 5.41) is 0. The number of nitrogens with one attached hydrogen (secondary N) is 1. The van der Waals surface area contributed by atoms with Gasteiger partial charge in [-0.3, -0.25) is 10.2 Å². The van der Waals surface area contributed by atoms with E-state index in [1.54, 1.807) is 11.8 Å². The Balaban J connectivity index is 3.43. The summed E-state index contributed by atoms with van der Waals surface area (Å²) >= 11 is 1.80. The zero-order valence-electron chi connectivity index (χ0n) is 7.96. The number of hydrogen-bond donors (Lipinski definition) is 2. The van der Waals surface area contributed by atoms with E-state index in [1.807, 2.05) is 6.92 Å². The van der Waals surface area contributed by atoms with Crippen LogP contribution in [0.1, 0.15) is 20.8 Å². The lowest BCUT2D eigenvalue weighted by Gasteiger charge is -2.09. The summed E-state index contributed by atoms with van der Waals surface area (Å²) in [6.45, 7) is 6.22. The Morgan fingerprint density at radius 1 is 1.42 bits per heavy atom. The van der Waals surface area contributed by atoms with E-state index in [0.717, 1.165) is 11.5 Å². The first-order valence-corrected chi connectivity index (χ1v) is 5.31. The van der Waals surface area contributed by atoms with Gasteiger partial charge in [0.1, 0.15) is 0 Å². The third-order valence-electron chi connectivity index (χ3n) is 1.41. The Kier molecular flexibility index (Phi) is 6.20. The van der Waals surface area contributed by atoms with Crippen LogP contribution in [0, 0.1) is 11.8 Å². The maximum atomic E-state index is 10.9. The van der Waals surface area contributed by atoms with Crippen molar-refractivity contribution >= 4 is 17.7 Å². The highest BCUT2D eigenvalue weighted by atomic mass is 32.2. The van der Waals surface area contributed by atoms with Crippen molar-refractivity contribution in [1.82, 2.24) is 5.43 Å². The zero-order valence-corrected chi connectivity index (χ0v) is 8.78. The number of rotatable bonds is 5. The molecule has 0 saturated heterocycles. The first-order valence-electron chi connectivity index (χ1n) is 4.16. The van der Waals surface area contributed by atoms with Gasteiger partial charge in [0.05, 0.1) is 0 Å². The molecule has 0 aromatic heterocycles. The van der Waals surface area contributed by atoms with Crippen LogP contribution in [0.2, 0.25) is 0 Å². The zero-order chi connectivity index (χ0) is 9.56. The van der Waals surface area contributed by atoms with Crippen molar-refractivity contribution in [2.24, 2.45) is 17.7 Å². The van der Waals surface area contributed by atoms with Gasteiger partial charge in [0.2, 0.25) is 5.91 Å². The number of carbonyl (C=O) groups is 1. The minimum atomic E-state index is -0.0775. The summed E-state index contributed by atoms with van der Waals surface area (Å²) in [6.07, 6.45) is 0. The van der Waals surface area contributed by atoms with E-state index in [9.17, 15) is 4.79 Å². The Bertz CT molecular complexity index is 139. The molecule has 4 heteroatoms. The quantitative estimate of drug-likeness (QED) is 0.386. The van der Waals surface area contributed by atoms with Gasteiger partial charge in [-0.1, -0.05) is 20.8 Å². The second-order valence-corrected chi connectivity index (χ2v) is 4.42. The van der Waals surface area contributed by atoms with Gasteiger partial charge in [0.25, 0.3) is 0 Å². The number of hydrazine groups is 1. The van der Waals surface area contributed by atoms with Crippen molar-refractivity contribution in [3.63, 3.8) is 0 Å². The summed E-state index contributed by atoms with van der Waals surface area (Å²) in [4.78, 5) is 10.9. The van der Waals surface area contributed by atoms with Gasteiger partial charge in [0, 0.05) is 11.7 Å². The SMILES string of the molecule is CC(C)CSCC(C)C(=O)NN. The molecular formula is C8H18N2OS. The van der Waals surface area contributed by atoms with Gasteiger partial charge < -0.3 is 0 Å². The van der Waals surface area contributed by atoms with E-state index in [2.05, 4.69) is 19.3 Å². The van der Waals surface area contributed by atoms with Gasteiger partial charge in [-0.25, -0.2) is 5.84 Å². The third-order valence-corrected chi connectivity index (χ3v) is 3.05. The highest BCUT2D eigenvalue weighted by Crippen LogP contribution is 2.11.